The lowest BCUT2D eigenvalue weighted by Crippen LogP contribution is -3.04. The van der Waals surface area contributed by atoms with E-state index in [9.17, 15) is 0 Å². The molecule has 0 radical (unpaired) electrons. The van der Waals surface area contributed by atoms with Gasteiger partial charge in [-0.1, -0.05) is 58.3 Å². The third-order valence-corrected chi connectivity index (χ3v) is 3.95. The van der Waals surface area contributed by atoms with Crippen LogP contribution in [0.25, 0.3) is 0 Å². The molecule has 1 aliphatic rings. The van der Waals surface area contributed by atoms with Crippen molar-refractivity contribution >= 4 is 0 Å². The summed E-state index contributed by atoms with van der Waals surface area (Å²) in [4.78, 5) is 1.56. The maximum absolute atomic E-state index is 6.25. The van der Waals surface area contributed by atoms with Crippen LogP contribution < -0.4 is 4.90 Å². The fourth-order valence-electron chi connectivity index (χ4n) is 2.63. The third kappa shape index (κ3) is 9.81. The quantitative estimate of drug-likeness (QED) is 0.442. The third-order valence-electron chi connectivity index (χ3n) is 3.95. The SMILES string of the molecule is CCCCCCCCCCCC[NH+]1C=CC=C1C.[C-]#N. The molecule has 0 spiro atoms. The molecule has 1 N–H and O–H groups in total. The predicted molar refractivity (Wildman–Crippen MR) is 85.5 cm³/mol. The number of hydrogen-bond donors (Lipinski definition) is 1. The topological polar surface area (TPSA) is 28.2 Å². The highest BCUT2D eigenvalue weighted by Crippen LogP contribution is 2.10. The van der Waals surface area contributed by atoms with Crippen LogP contribution in [0, 0.1) is 11.8 Å². The zero-order valence-electron chi connectivity index (χ0n) is 13.5. The number of hydrogen-bond acceptors (Lipinski definition) is 1. The molecule has 1 unspecified atom stereocenters. The monoisotopic (exact) mass is 276 g/mol. The van der Waals surface area contributed by atoms with Crippen LogP contribution in [0.3, 0.4) is 0 Å². The first kappa shape index (κ1) is 18.9. The van der Waals surface area contributed by atoms with E-state index >= 15 is 0 Å². The summed E-state index contributed by atoms with van der Waals surface area (Å²) in [7, 11) is 0. The zero-order valence-corrected chi connectivity index (χ0v) is 13.5. The predicted octanol–water partition coefficient (Wildman–Crippen LogP) is 4.32. The molecule has 1 heterocycles. The number of nitrogens with one attached hydrogen (secondary N) is 1. The lowest BCUT2D eigenvalue weighted by Gasteiger charge is -2.10. The molecule has 0 aromatic heterocycles. The van der Waals surface area contributed by atoms with Crippen LogP contribution in [-0.4, -0.2) is 6.54 Å². The molecule has 0 bridgehead atoms. The Hall–Kier alpha value is -1.07. The molecule has 0 fully saturated rings. The molecule has 2 nitrogen and oxygen atoms in total. The average Bonchev–Trinajstić information content (AvgIpc) is 2.89. The van der Waals surface area contributed by atoms with E-state index in [2.05, 4.69) is 32.2 Å². The summed E-state index contributed by atoms with van der Waals surface area (Å²) in [5, 5.41) is 6.25. The van der Waals surface area contributed by atoms with Gasteiger partial charge in [-0.05, 0) is 25.0 Å². The molecule has 0 saturated heterocycles. The summed E-state index contributed by atoms with van der Waals surface area (Å²) in [5.74, 6) is 0. The van der Waals surface area contributed by atoms with Crippen LogP contribution in [-0.2, 0) is 0 Å². The lowest BCUT2D eigenvalue weighted by atomic mass is 10.1. The van der Waals surface area contributed by atoms with E-state index in [0.717, 1.165) is 0 Å². The molecule has 0 amide bonds. The molecule has 1 atom stereocenters. The molecule has 2 heteroatoms. The van der Waals surface area contributed by atoms with Gasteiger partial charge in [-0.25, -0.2) is 0 Å². The summed E-state index contributed by atoms with van der Waals surface area (Å²) in [6.07, 6.45) is 21.0. The highest BCUT2D eigenvalue weighted by molar-refractivity contribution is 5.08. The minimum absolute atomic E-state index is 1.29. The minimum atomic E-state index is 1.29. The number of nitrogens with zero attached hydrogens (tertiary/aromatic N) is 1. The number of rotatable bonds is 11. The van der Waals surface area contributed by atoms with E-state index in [1.165, 1.54) is 76.5 Å². The van der Waals surface area contributed by atoms with Crippen molar-refractivity contribution in [3.05, 3.63) is 30.6 Å². The van der Waals surface area contributed by atoms with Crippen LogP contribution in [0.15, 0.2) is 24.0 Å². The van der Waals surface area contributed by atoms with Crippen molar-refractivity contribution in [1.29, 1.82) is 5.26 Å². The van der Waals surface area contributed by atoms with Gasteiger partial charge in [-0.3, -0.25) is 4.90 Å². The van der Waals surface area contributed by atoms with Gasteiger partial charge in [0, 0.05) is 6.92 Å². The van der Waals surface area contributed by atoms with Gasteiger partial charge < -0.3 is 11.8 Å². The number of allylic oxidation sites excluding steroid dienone is 3. The summed E-state index contributed by atoms with van der Waals surface area (Å²) >= 11 is 0. The second kappa shape index (κ2) is 14.3. The maximum Gasteiger partial charge on any atom is 0.109 e. The summed E-state index contributed by atoms with van der Waals surface area (Å²) in [5.41, 5.74) is 1.48. The molecule has 1 rings (SSSR count). The fraction of sp³-hybridized carbons (Fsp3) is 0.722. The molecule has 1 aliphatic heterocycles. The van der Waals surface area contributed by atoms with Crippen LogP contribution >= 0.6 is 0 Å². The molecule has 114 valence electrons. The summed E-state index contributed by atoms with van der Waals surface area (Å²) < 4.78 is 0. The van der Waals surface area contributed by atoms with Crippen molar-refractivity contribution in [1.82, 2.24) is 0 Å². The van der Waals surface area contributed by atoms with Crippen LogP contribution in [0.4, 0.5) is 0 Å². The largest absolute Gasteiger partial charge is 0.512 e. The van der Waals surface area contributed by atoms with Gasteiger partial charge in [0.15, 0.2) is 0 Å². The standard InChI is InChI=1S/C17H31N.CN/c1-3-4-5-6-7-8-9-10-11-12-15-18-16-13-14-17(18)2;1-2/h13-14,16H,3-12,15H2,1-2H3;/q;-1/p+1. The average molecular weight is 276 g/mol. The van der Waals surface area contributed by atoms with E-state index < -0.39 is 0 Å². The van der Waals surface area contributed by atoms with Gasteiger partial charge in [-0.15, -0.1) is 0 Å². The fourth-order valence-corrected chi connectivity index (χ4v) is 2.63. The van der Waals surface area contributed by atoms with Crippen molar-refractivity contribution in [3.8, 4) is 0 Å². The van der Waals surface area contributed by atoms with Gasteiger partial charge in [0.2, 0.25) is 0 Å². The Morgan fingerprint density at radius 3 is 1.85 bits per heavy atom. The first-order valence-corrected chi connectivity index (χ1v) is 8.28. The van der Waals surface area contributed by atoms with E-state index in [1.54, 1.807) is 4.90 Å². The molecular weight excluding hydrogens is 244 g/mol. The highest BCUT2D eigenvalue weighted by Gasteiger charge is 2.10. The first-order chi connectivity index (χ1) is 9.84. The molecule has 0 aromatic carbocycles. The zero-order chi connectivity index (χ0) is 15.1. The van der Waals surface area contributed by atoms with Gasteiger partial charge in [0.25, 0.3) is 0 Å². The highest BCUT2D eigenvalue weighted by atomic mass is 15.1. The molecule has 0 aromatic rings. The van der Waals surface area contributed by atoms with E-state index in [4.69, 9.17) is 11.8 Å². The van der Waals surface area contributed by atoms with Crippen LogP contribution in [0.2, 0.25) is 0 Å². The maximum atomic E-state index is 6.25. The van der Waals surface area contributed by atoms with Crippen LogP contribution in [0.1, 0.15) is 78.1 Å². The Kier molecular flexibility index (Phi) is 13.6. The minimum Gasteiger partial charge on any atom is -0.512 e. The van der Waals surface area contributed by atoms with Gasteiger partial charge in [0.1, 0.15) is 5.70 Å². The van der Waals surface area contributed by atoms with Crippen molar-refractivity contribution in [2.24, 2.45) is 0 Å². The second-order valence-corrected chi connectivity index (χ2v) is 5.67. The van der Waals surface area contributed by atoms with Crippen molar-refractivity contribution < 1.29 is 4.90 Å². The van der Waals surface area contributed by atoms with Gasteiger partial charge in [-0.2, -0.15) is 0 Å². The summed E-state index contributed by atoms with van der Waals surface area (Å²) in [6.45, 7) is 10.6. The first-order valence-electron chi connectivity index (χ1n) is 8.28. The molecule has 0 aliphatic carbocycles. The second-order valence-electron chi connectivity index (χ2n) is 5.67. The molecule has 0 saturated carbocycles. The van der Waals surface area contributed by atoms with Gasteiger partial charge >= 0.3 is 0 Å². The van der Waals surface area contributed by atoms with Crippen molar-refractivity contribution in [2.45, 2.75) is 78.1 Å². The number of quaternary nitrogens is 1. The van der Waals surface area contributed by atoms with Crippen LogP contribution in [0.5, 0.6) is 0 Å². The Bertz CT molecular complexity index is 289. The summed E-state index contributed by atoms with van der Waals surface area (Å²) in [6, 6.07) is 0. The van der Waals surface area contributed by atoms with Gasteiger partial charge in [0.05, 0.1) is 12.7 Å². The Balaban J connectivity index is 0.00000172. The Morgan fingerprint density at radius 2 is 1.40 bits per heavy atom. The lowest BCUT2D eigenvalue weighted by molar-refractivity contribution is -0.802. The smallest absolute Gasteiger partial charge is 0.109 e. The van der Waals surface area contributed by atoms with Crippen molar-refractivity contribution in [2.75, 3.05) is 6.54 Å². The van der Waals surface area contributed by atoms with Crippen molar-refractivity contribution in [3.63, 3.8) is 0 Å². The molecular formula is C18H32N2. The normalized spacial score (nSPS) is 16.6. The van der Waals surface area contributed by atoms with E-state index in [0.29, 0.717) is 0 Å². The Labute approximate surface area is 126 Å². The Morgan fingerprint density at radius 1 is 0.900 bits per heavy atom. The van der Waals surface area contributed by atoms with E-state index in [1.807, 2.05) is 0 Å². The molecule has 20 heavy (non-hydrogen) atoms. The van der Waals surface area contributed by atoms with E-state index in [-0.39, 0.29) is 0 Å². The number of unbranched alkanes of at least 4 members (excludes halogenated alkanes) is 9.